The van der Waals surface area contributed by atoms with Gasteiger partial charge in [-0.25, -0.2) is 0 Å². The van der Waals surface area contributed by atoms with Gasteiger partial charge in [-0.3, -0.25) is 19.7 Å². The van der Waals surface area contributed by atoms with Gasteiger partial charge in [0.1, 0.15) is 54.5 Å². The van der Waals surface area contributed by atoms with Crippen LogP contribution in [0, 0.1) is 10.1 Å². The summed E-state index contributed by atoms with van der Waals surface area (Å²) in [5.41, 5.74) is -0.206. The van der Waals surface area contributed by atoms with Gasteiger partial charge in [-0.2, -0.15) is 0 Å². The second kappa shape index (κ2) is 12.7. The number of nitrogens with one attached hydrogen (secondary N) is 2. The molecule has 0 radical (unpaired) electrons. The first-order chi connectivity index (χ1) is 18.0. The molecule has 16 nitrogen and oxygen atoms in total. The molecule has 10 atom stereocenters. The summed E-state index contributed by atoms with van der Waals surface area (Å²) in [6, 6.07) is 2.27. The Morgan fingerprint density at radius 2 is 1.42 bits per heavy atom. The van der Waals surface area contributed by atoms with Crippen molar-refractivity contribution in [1.29, 1.82) is 0 Å². The van der Waals surface area contributed by atoms with Crippen LogP contribution in [0.15, 0.2) is 24.3 Å². The molecule has 0 aromatic heterocycles. The number of rotatable bonds is 9. The van der Waals surface area contributed by atoms with Crippen molar-refractivity contribution in [2.75, 3.05) is 13.2 Å². The van der Waals surface area contributed by atoms with Crippen LogP contribution in [0.3, 0.4) is 0 Å². The van der Waals surface area contributed by atoms with Gasteiger partial charge >= 0.3 is 0 Å². The number of nitro groups is 1. The fourth-order valence-electron chi connectivity index (χ4n) is 4.24. The predicted octanol–water partition coefficient (Wildman–Crippen LogP) is -3.11. The van der Waals surface area contributed by atoms with Gasteiger partial charge in [0, 0.05) is 26.0 Å². The largest absolute Gasteiger partial charge is 0.463 e. The molecule has 0 unspecified atom stereocenters. The molecule has 2 aliphatic heterocycles. The Labute approximate surface area is 216 Å². The van der Waals surface area contributed by atoms with Crippen molar-refractivity contribution in [3.63, 3.8) is 0 Å². The Hall–Kier alpha value is -2.96. The molecule has 2 fully saturated rings. The molecule has 212 valence electrons. The summed E-state index contributed by atoms with van der Waals surface area (Å²) in [5, 5.41) is 67.0. The van der Waals surface area contributed by atoms with Crippen LogP contribution >= 0.6 is 0 Å². The summed E-state index contributed by atoms with van der Waals surface area (Å²) in [4.78, 5) is 34.1. The van der Waals surface area contributed by atoms with Crippen LogP contribution in [0.2, 0.25) is 0 Å². The summed E-state index contributed by atoms with van der Waals surface area (Å²) in [7, 11) is 0. The Bertz CT molecular complexity index is 980. The minimum atomic E-state index is -1.65. The molecule has 1 aromatic carbocycles. The van der Waals surface area contributed by atoms with E-state index in [0.29, 0.717) is 0 Å². The molecule has 2 amide bonds. The molecule has 0 aliphatic carbocycles. The van der Waals surface area contributed by atoms with E-state index in [0.717, 1.165) is 6.92 Å². The molecular weight excluding hydrogens is 514 g/mol. The van der Waals surface area contributed by atoms with E-state index in [9.17, 15) is 45.2 Å². The van der Waals surface area contributed by atoms with Crippen molar-refractivity contribution in [3.8, 4) is 5.75 Å². The maximum Gasteiger partial charge on any atom is 0.269 e. The smallest absolute Gasteiger partial charge is 0.269 e. The van der Waals surface area contributed by atoms with Crippen LogP contribution in [-0.4, -0.2) is 117 Å². The molecule has 1 aromatic rings. The third-order valence-electron chi connectivity index (χ3n) is 6.07. The molecular formula is C22H31N3O13. The van der Waals surface area contributed by atoms with Crippen molar-refractivity contribution < 1.29 is 59.0 Å². The highest BCUT2D eigenvalue weighted by Gasteiger charge is 2.52. The van der Waals surface area contributed by atoms with E-state index in [-0.39, 0.29) is 11.4 Å². The second-order valence-corrected chi connectivity index (χ2v) is 8.84. The van der Waals surface area contributed by atoms with Crippen LogP contribution in [-0.2, 0) is 23.8 Å². The van der Waals surface area contributed by atoms with Gasteiger partial charge in [0.05, 0.1) is 18.1 Å². The van der Waals surface area contributed by atoms with Gasteiger partial charge in [0.25, 0.3) is 5.69 Å². The highest BCUT2D eigenvalue weighted by Crippen LogP contribution is 2.31. The number of amides is 2. The normalized spacial score (nSPS) is 35.2. The predicted molar refractivity (Wildman–Crippen MR) is 123 cm³/mol. The number of benzene rings is 1. The third kappa shape index (κ3) is 6.72. The Kier molecular flexibility index (Phi) is 9.91. The van der Waals surface area contributed by atoms with E-state index in [4.69, 9.17) is 18.9 Å². The number of nitrogens with zero attached hydrogens (tertiary/aromatic N) is 1. The lowest BCUT2D eigenvalue weighted by atomic mass is 9.94. The van der Waals surface area contributed by atoms with E-state index in [2.05, 4.69) is 10.6 Å². The topological polar surface area (TPSA) is 239 Å². The van der Waals surface area contributed by atoms with Crippen LogP contribution < -0.4 is 15.4 Å². The first-order valence-electron chi connectivity index (χ1n) is 11.6. The van der Waals surface area contributed by atoms with Crippen molar-refractivity contribution in [2.45, 2.75) is 75.1 Å². The van der Waals surface area contributed by atoms with Crippen LogP contribution in [0.4, 0.5) is 5.69 Å². The summed E-state index contributed by atoms with van der Waals surface area (Å²) in [6.07, 6.45) is -11.9. The Balaban J connectivity index is 1.93. The van der Waals surface area contributed by atoms with Gasteiger partial charge in [-0.15, -0.1) is 0 Å². The van der Waals surface area contributed by atoms with Crippen molar-refractivity contribution in [1.82, 2.24) is 10.6 Å². The molecule has 38 heavy (non-hydrogen) atoms. The lowest BCUT2D eigenvalue weighted by Crippen LogP contribution is -2.70. The van der Waals surface area contributed by atoms with Crippen LogP contribution in [0.1, 0.15) is 13.8 Å². The van der Waals surface area contributed by atoms with E-state index in [1.165, 1.54) is 31.2 Å². The molecule has 2 aliphatic rings. The zero-order valence-electron chi connectivity index (χ0n) is 20.4. The SMILES string of the molecule is CC(=O)N[C@@H]1[C@H](O[C@H]2[C@@H](O)[C@@H](CO)O[C@H](Oc3ccc([N+](=O)[O-])cc3)[C@H]2NC(C)=O)O[C@H](CO)[C@@H](O)[C@@H]1O. The molecule has 16 heteroatoms. The van der Waals surface area contributed by atoms with Gasteiger partial charge in [0.2, 0.25) is 18.1 Å². The highest BCUT2D eigenvalue weighted by atomic mass is 16.7. The molecule has 2 heterocycles. The lowest BCUT2D eigenvalue weighted by Gasteiger charge is -2.48. The first kappa shape index (κ1) is 29.6. The van der Waals surface area contributed by atoms with Crippen molar-refractivity contribution in [2.24, 2.45) is 0 Å². The number of aliphatic hydroxyl groups excluding tert-OH is 5. The standard InChI is InChI=1S/C22H31N3O13/c1-9(28)23-15-19(32)17(30)13(7-26)36-21(15)38-20-16(24-10(2)29)22(37-14(8-27)18(20)31)35-12-5-3-11(4-6-12)25(33)34/h3-6,13-22,26-27,30-32H,7-8H2,1-2H3,(H,23,28)(H,24,29)/t13-,14-,15+,16+,17-,18+,19-,20-,21+,22+/m1/s1. The number of nitro benzene ring substituents is 1. The van der Waals surface area contributed by atoms with Crippen LogP contribution in [0.5, 0.6) is 5.75 Å². The summed E-state index contributed by atoms with van der Waals surface area (Å²) < 4.78 is 22.9. The van der Waals surface area contributed by atoms with E-state index < -0.39 is 91.2 Å². The third-order valence-corrected chi connectivity index (χ3v) is 6.07. The zero-order chi connectivity index (χ0) is 28.1. The summed E-state index contributed by atoms with van der Waals surface area (Å²) >= 11 is 0. The minimum Gasteiger partial charge on any atom is -0.463 e. The number of hydrogen-bond acceptors (Lipinski definition) is 13. The molecule has 7 N–H and O–H groups in total. The number of ether oxygens (including phenoxy) is 4. The summed E-state index contributed by atoms with van der Waals surface area (Å²) in [5.74, 6) is -1.11. The van der Waals surface area contributed by atoms with E-state index >= 15 is 0 Å². The van der Waals surface area contributed by atoms with E-state index in [1.54, 1.807) is 0 Å². The second-order valence-electron chi connectivity index (χ2n) is 8.84. The first-order valence-corrected chi connectivity index (χ1v) is 11.6. The number of carbonyl (C=O) groups excluding carboxylic acids is 2. The molecule has 0 spiro atoms. The molecule has 2 saturated heterocycles. The quantitative estimate of drug-likeness (QED) is 0.120. The van der Waals surface area contributed by atoms with Gasteiger partial charge in [-0.1, -0.05) is 0 Å². The number of aliphatic hydroxyl groups is 5. The zero-order valence-corrected chi connectivity index (χ0v) is 20.4. The maximum atomic E-state index is 12.1. The average Bonchev–Trinajstić information content (AvgIpc) is 2.86. The molecule has 0 bridgehead atoms. The lowest BCUT2D eigenvalue weighted by molar-refractivity contribution is -0.384. The number of non-ortho nitro benzene ring substituents is 1. The van der Waals surface area contributed by atoms with Crippen molar-refractivity contribution >= 4 is 17.5 Å². The van der Waals surface area contributed by atoms with Crippen molar-refractivity contribution in [3.05, 3.63) is 34.4 Å². The molecule has 3 rings (SSSR count). The Morgan fingerprint density at radius 3 is 1.95 bits per heavy atom. The maximum absolute atomic E-state index is 12.1. The highest BCUT2D eigenvalue weighted by molar-refractivity contribution is 5.73. The molecule has 0 saturated carbocycles. The van der Waals surface area contributed by atoms with Gasteiger partial charge < -0.3 is 55.1 Å². The Morgan fingerprint density at radius 1 is 0.895 bits per heavy atom. The van der Waals surface area contributed by atoms with Gasteiger partial charge in [0.15, 0.2) is 6.29 Å². The van der Waals surface area contributed by atoms with Crippen LogP contribution in [0.25, 0.3) is 0 Å². The summed E-state index contributed by atoms with van der Waals surface area (Å²) in [6.45, 7) is 0.883. The number of hydrogen-bond donors (Lipinski definition) is 7. The fraction of sp³-hybridized carbons (Fsp3) is 0.636. The monoisotopic (exact) mass is 545 g/mol. The van der Waals surface area contributed by atoms with E-state index in [1.807, 2.05) is 0 Å². The minimum absolute atomic E-state index is 0.0895. The fourth-order valence-corrected chi connectivity index (χ4v) is 4.24. The van der Waals surface area contributed by atoms with Gasteiger partial charge in [-0.05, 0) is 12.1 Å². The average molecular weight is 545 g/mol. The number of carbonyl (C=O) groups is 2.